The van der Waals surface area contributed by atoms with E-state index >= 15 is 0 Å². The van der Waals surface area contributed by atoms with Crippen LogP contribution in [0.2, 0.25) is 0 Å². The summed E-state index contributed by atoms with van der Waals surface area (Å²) in [6.07, 6.45) is 0.856. The summed E-state index contributed by atoms with van der Waals surface area (Å²) in [7, 11) is 1.66. The van der Waals surface area contributed by atoms with Crippen LogP contribution in [0.4, 0.5) is 4.39 Å². The maximum atomic E-state index is 13.2. The first-order valence-electron chi connectivity index (χ1n) is 6.13. The molecule has 0 aliphatic rings. The largest absolute Gasteiger partial charge is 0.497 e. The monoisotopic (exact) mass is 322 g/mol. The number of ether oxygens (including phenoxy) is 1. The molecule has 2 aromatic rings. The van der Waals surface area contributed by atoms with Crippen LogP contribution in [-0.4, -0.2) is 7.11 Å². The third kappa shape index (κ3) is 3.57. The minimum absolute atomic E-state index is 0.159. The average Bonchev–Trinajstić information content (AvgIpc) is 2.42. The van der Waals surface area contributed by atoms with Gasteiger partial charge in [0.25, 0.3) is 0 Å². The van der Waals surface area contributed by atoms with E-state index < -0.39 is 0 Å². The third-order valence-electron chi connectivity index (χ3n) is 3.12. The highest BCUT2D eigenvalue weighted by Crippen LogP contribution is 2.28. The SMILES string of the molecule is COc1ccc(CC(Br)c2ccc(F)c(C)c2)cc1. The van der Waals surface area contributed by atoms with Crippen molar-refractivity contribution in [2.75, 3.05) is 7.11 Å². The van der Waals surface area contributed by atoms with E-state index in [-0.39, 0.29) is 10.6 Å². The Morgan fingerprint density at radius 1 is 1.16 bits per heavy atom. The van der Waals surface area contributed by atoms with Gasteiger partial charge in [0.15, 0.2) is 0 Å². The third-order valence-corrected chi connectivity index (χ3v) is 3.97. The molecule has 3 heteroatoms. The fourth-order valence-electron chi connectivity index (χ4n) is 1.95. The topological polar surface area (TPSA) is 9.23 Å². The molecule has 19 heavy (non-hydrogen) atoms. The molecule has 0 bridgehead atoms. The van der Waals surface area contributed by atoms with Crippen LogP contribution in [-0.2, 0) is 6.42 Å². The lowest BCUT2D eigenvalue weighted by Crippen LogP contribution is -1.97. The molecule has 1 nitrogen and oxygen atoms in total. The lowest BCUT2D eigenvalue weighted by molar-refractivity contribution is 0.414. The maximum Gasteiger partial charge on any atom is 0.126 e. The average molecular weight is 323 g/mol. The Hall–Kier alpha value is -1.35. The minimum atomic E-state index is -0.159. The Morgan fingerprint density at radius 3 is 2.42 bits per heavy atom. The molecule has 0 radical (unpaired) electrons. The normalized spacial score (nSPS) is 12.2. The second kappa shape index (κ2) is 6.20. The Kier molecular flexibility index (Phi) is 4.59. The molecule has 0 N–H and O–H groups in total. The van der Waals surface area contributed by atoms with E-state index in [1.807, 2.05) is 36.4 Å². The summed E-state index contributed by atoms with van der Waals surface area (Å²) in [6.45, 7) is 1.78. The number of hydrogen-bond donors (Lipinski definition) is 0. The highest BCUT2D eigenvalue weighted by Gasteiger charge is 2.10. The van der Waals surface area contributed by atoms with Gasteiger partial charge in [-0.2, -0.15) is 0 Å². The van der Waals surface area contributed by atoms with Gasteiger partial charge in [-0.05, 0) is 48.2 Å². The Bertz CT molecular complexity index is 551. The molecular formula is C16H16BrFO. The van der Waals surface area contributed by atoms with Crippen molar-refractivity contribution >= 4 is 15.9 Å². The molecule has 0 aliphatic heterocycles. The van der Waals surface area contributed by atoms with Gasteiger partial charge in [-0.1, -0.05) is 40.2 Å². The van der Waals surface area contributed by atoms with E-state index in [9.17, 15) is 4.39 Å². The predicted molar refractivity (Wildman–Crippen MR) is 79.5 cm³/mol. The zero-order valence-electron chi connectivity index (χ0n) is 11.0. The second-order valence-corrected chi connectivity index (χ2v) is 5.63. The molecule has 1 unspecified atom stereocenters. The number of hydrogen-bond acceptors (Lipinski definition) is 1. The van der Waals surface area contributed by atoms with Crippen LogP contribution in [0.3, 0.4) is 0 Å². The molecule has 0 aliphatic carbocycles. The van der Waals surface area contributed by atoms with Gasteiger partial charge in [-0.15, -0.1) is 0 Å². The molecule has 2 rings (SSSR count). The van der Waals surface area contributed by atoms with Gasteiger partial charge in [-0.3, -0.25) is 0 Å². The Labute approximate surface area is 121 Å². The summed E-state index contributed by atoms with van der Waals surface area (Å²) in [5.41, 5.74) is 2.98. The first-order chi connectivity index (χ1) is 9.10. The Balaban J connectivity index is 2.10. The molecule has 0 saturated carbocycles. The lowest BCUT2D eigenvalue weighted by Gasteiger charge is -2.12. The number of halogens is 2. The highest BCUT2D eigenvalue weighted by molar-refractivity contribution is 9.09. The van der Waals surface area contributed by atoms with Crippen molar-refractivity contribution in [2.24, 2.45) is 0 Å². The van der Waals surface area contributed by atoms with Crippen LogP contribution in [0.5, 0.6) is 5.75 Å². The van der Waals surface area contributed by atoms with E-state index in [0.29, 0.717) is 5.56 Å². The van der Waals surface area contributed by atoms with Crippen LogP contribution in [0.15, 0.2) is 42.5 Å². The van der Waals surface area contributed by atoms with Gasteiger partial charge in [0.2, 0.25) is 0 Å². The van der Waals surface area contributed by atoms with Crippen molar-refractivity contribution < 1.29 is 9.13 Å². The molecule has 0 amide bonds. The van der Waals surface area contributed by atoms with Gasteiger partial charge >= 0.3 is 0 Å². The standard InChI is InChI=1S/C16H16BrFO/c1-11-9-13(5-8-16(11)18)15(17)10-12-3-6-14(19-2)7-4-12/h3-9,15H,10H2,1-2H3. The Morgan fingerprint density at radius 2 is 1.84 bits per heavy atom. The molecule has 0 aromatic heterocycles. The quantitative estimate of drug-likeness (QED) is 0.733. The van der Waals surface area contributed by atoms with E-state index in [0.717, 1.165) is 17.7 Å². The summed E-state index contributed by atoms with van der Waals surface area (Å²) >= 11 is 3.66. The van der Waals surface area contributed by atoms with Gasteiger partial charge < -0.3 is 4.74 Å². The zero-order valence-corrected chi connectivity index (χ0v) is 12.6. The first kappa shape index (κ1) is 14.1. The molecule has 0 saturated heterocycles. The maximum absolute atomic E-state index is 13.2. The number of rotatable bonds is 4. The van der Waals surface area contributed by atoms with Crippen LogP contribution in [0.1, 0.15) is 21.5 Å². The molecule has 2 aromatic carbocycles. The van der Waals surface area contributed by atoms with Crippen molar-refractivity contribution in [2.45, 2.75) is 18.2 Å². The van der Waals surface area contributed by atoms with Crippen molar-refractivity contribution in [1.29, 1.82) is 0 Å². The second-order valence-electron chi connectivity index (χ2n) is 4.53. The summed E-state index contributed by atoms with van der Waals surface area (Å²) in [5, 5.41) is 0. The van der Waals surface area contributed by atoms with Gasteiger partial charge in [0.1, 0.15) is 11.6 Å². The van der Waals surface area contributed by atoms with Crippen LogP contribution < -0.4 is 4.74 Å². The van der Waals surface area contributed by atoms with Crippen molar-refractivity contribution in [3.8, 4) is 5.75 Å². The number of methoxy groups -OCH3 is 1. The zero-order chi connectivity index (χ0) is 13.8. The predicted octanol–water partition coefficient (Wildman–Crippen LogP) is 4.82. The molecular weight excluding hydrogens is 307 g/mol. The van der Waals surface area contributed by atoms with Crippen molar-refractivity contribution in [3.05, 3.63) is 65.0 Å². The smallest absolute Gasteiger partial charge is 0.126 e. The van der Waals surface area contributed by atoms with E-state index in [4.69, 9.17) is 4.74 Å². The first-order valence-corrected chi connectivity index (χ1v) is 7.05. The summed E-state index contributed by atoms with van der Waals surface area (Å²) in [5.74, 6) is 0.695. The van der Waals surface area contributed by atoms with Gasteiger partial charge in [0.05, 0.1) is 7.11 Å². The number of aryl methyl sites for hydroxylation is 1. The fraction of sp³-hybridized carbons (Fsp3) is 0.250. The summed E-state index contributed by atoms with van der Waals surface area (Å²) in [6, 6.07) is 13.2. The van der Waals surface area contributed by atoms with Gasteiger partial charge in [-0.25, -0.2) is 4.39 Å². The van der Waals surface area contributed by atoms with Crippen molar-refractivity contribution in [3.63, 3.8) is 0 Å². The van der Waals surface area contributed by atoms with E-state index in [1.165, 1.54) is 11.6 Å². The number of alkyl halides is 1. The summed E-state index contributed by atoms with van der Waals surface area (Å²) in [4.78, 5) is 0.181. The highest BCUT2D eigenvalue weighted by atomic mass is 79.9. The van der Waals surface area contributed by atoms with E-state index in [1.54, 1.807) is 14.0 Å². The molecule has 1 atom stereocenters. The van der Waals surface area contributed by atoms with Crippen LogP contribution in [0.25, 0.3) is 0 Å². The van der Waals surface area contributed by atoms with Crippen molar-refractivity contribution in [1.82, 2.24) is 0 Å². The molecule has 100 valence electrons. The summed E-state index contributed by atoms with van der Waals surface area (Å²) < 4.78 is 18.4. The van der Waals surface area contributed by atoms with Gasteiger partial charge in [0, 0.05) is 4.83 Å². The minimum Gasteiger partial charge on any atom is -0.497 e. The number of benzene rings is 2. The van der Waals surface area contributed by atoms with Crippen LogP contribution >= 0.6 is 15.9 Å². The molecule has 0 fully saturated rings. The molecule has 0 spiro atoms. The fourth-order valence-corrected chi connectivity index (χ4v) is 2.61. The van der Waals surface area contributed by atoms with E-state index in [2.05, 4.69) is 15.9 Å². The van der Waals surface area contributed by atoms with Crippen LogP contribution in [0, 0.1) is 12.7 Å². The molecule has 0 heterocycles. The lowest BCUT2D eigenvalue weighted by atomic mass is 10.0.